The van der Waals surface area contributed by atoms with Gasteiger partial charge in [0.25, 0.3) is 0 Å². The minimum absolute atomic E-state index is 0.00683. The van der Waals surface area contributed by atoms with Gasteiger partial charge in [-0.25, -0.2) is 0 Å². The summed E-state index contributed by atoms with van der Waals surface area (Å²) in [6.07, 6.45) is 4.97. The molecule has 0 saturated heterocycles. The Morgan fingerprint density at radius 2 is 1.97 bits per heavy atom. The van der Waals surface area contributed by atoms with Crippen LogP contribution in [0.25, 0.3) is 0 Å². The van der Waals surface area contributed by atoms with Gasteiger partial charge >= 0.3 is 0 Å². The summed E-state index contributed by atoms with van der Waals surface area (Å²) in [6, 6.07) is 7.80. The molecular formula is C22H31NO5S. The molecule has 0 fully saturated rings. The van der Waals surface area contributed by atoms with Crippen LogP contribution < -0.4 is 10.1 Å². The van der Waals surface area contributed by atoms with Crippen LogP contribution in [0.3, 0.4) is 0 Å². The SMILES string of the molecule is C[C@@H](CCOc1ccc(CCNC(=O)CC[S@@](C)=O)cc1)C1=CC(=O)C(C)(C)O1. The third-order valence-corrected chi connectivity index (χ3v) is 5.60. The molecule has 2 atom stereocenters. The largest absolute Gasteiger partial charge is 0.494 e. The van der Waals surface area contributed by atoms with E-state index < -0.39 is 16.4 Å². The lowest BCUT2D eigenvalue weighted by molar-refractivity contribution is -0.127. The Bertz CT molecular complexity index is 770. The van der Waals surface area contributed by atoms with Crippen molar-refractivity contribution in [2.75, 3.05) is 25.2 Å². The van der Waals surface area contributed by atoms with Crippen LogP contribution in [0.2, 0.25) is 0 Å². The van der Waals surface area contributed by atoms with Gasteiger partial charge in [-0.1, -0.05) is 19.1 Å². The second-order valence-electron chi connectivity index (χ2n) is 7.83. The summed E-state index contributed by atoms with van der Waals surface area (Å²) in [6.45, 7) is 6.67. The van der Waals surface area contributed by atoms with E-state index in [2.05, 4.69) is 5.32 Å². The smallest absolute Gasteiger partial charge is 0.220 e. The number of allylic oxidation sites excluding steroid dienone is 1. The first kappa shape index (κ1) is 23.1. The molecule has 29 heavy (non-hydrogen) atoms. The summed E-state index contributed by atoms with van der Waals surface area (Å²) in [4.78, 5) is 23.5. The van der Waals surface area contributed by atoms with E-state index in [1.165, 1.54) is 0 Å². The first-order chi connectivity index (χ1) is 13.7. The molecule has 0 unspecified atom stereocenters. The van der Waals surface area contributed by atoms with Gasteiger partial charge in [0.15, 0.2) is 5.60 Å². The number of amides is 1. The minimum Gasteiger partial charge on any atom is -0.494 e. The van der Waals surface area contributed by atoms with Gasteiger partial charge in [-0.2, -0.15) is 0 Å². The van der Waals surface area contributed by atoms with Gasteiger partial charge < -0.3 is 14.8 Å². The van der Waals surface area contributed by atoms with Gasteiger partial charge in [-0.15, -0.1) is 0 Å². The number of rotatable bonds is 11. The number of carbonyl (C=O) groups is 2. The highest BCUT2D eigenvalue weighted by Crippen LogP contribution is 2.30. The fourth-order valence-electron chi connectivity index (χ4n) is 2.84. The van der Waals surface area contributed by atoms with E-state index in [-0.39, 0.29) is 17.6 Å². The van der Waals surface area contributed by atoms with Crippen molar-refractivity contribution >= 4 is 22.5 Å². The maximum Gasteiger partial charge on any atom is 0.220 e. The molecule has 1 heterocycles. The molecule has 7 heteroatoms. The van der Waals surface area contributed by atoms with E-state index in [1.54, 1.807) is 26.2 Å². The number of hydrogen-bond acceptors (Lipinski definition) is 5. The second-order valence-corrected chi connectivity index (χ2v) is 9.39. The lowest BCUT2D eigenvalue weighted by atomic mass is 10.0. The van der Waals surface area contributed by atoms with Crippen molar-refractivity contribution < 1.29 is 23.3 Å². The van der Waals surface area contributed by atoms with E-state index in [0.29, 0.717) is 25.3 Å². The van der Waals surface area contributed by atoms with Gasteiger partial charge in [0.2, 0.25) is 11.7 Å². The van der Waals surface area contributed by atoms with Crippen LogP contribution in [0.15, 0.2) is 36.1 Å². The van der Waals surface area contributed by atoms with Crippen LogP contribution in [0, 0.1) is 5.92 Å². The first-order valence-corrected chi connectivity index (χ1v) is 11.6. The van der Waals surface area contributed by atoms with Crippen LogP contribution in [0.4, 0.5) is 0 Å². The third kappa shape index (κ3) is 7.65. The normalized spacial score (nSPS) is 17.2. The second kappa shape index (κ2) is 10.6. The molecule has 0 aliphatic carbocycles. The molecule has 1 aromatic carbocycles. The van der Waals surface area contributed by atoms with Gasteiger partial charge in [0.1, 0.15) is 11.5 Å². The Balaban J connectivity index is 1.67. The van der Waals surface area contributed by atoms with E-state index in [4.69, 9.17) is 9.47 Å². The zero-order chi connectivity index (χ0) is 21.4. The van der Waals surface area contributed by atoms with Crippen LogP contribution in [0.1, 0.15) is 39.2 Å². The van der Waals surface area contributed by atoms with Gasteiger partial charge in [-0.05, 0) is 44.4 Å². The minimum atomic E-state index is -0.942. The monoisotopic (exact) mass is 421 g/mol. The fourth-order valence-corrected chi connectivity index (χ4v) is 3.31. The maximum atomic E-state index is 11.8. The lowest BCUT2D eigenvalue weighted by Gasteiger charge is -2.21. The van der Waals surface area contributed by atoms with E-state index in [0.717, 1.165) is 29.9 Å². The molecule has 1 amide bonds. The number of benzene rings is 1. The molecule has 0 saturated carbocycles. The van der Waals surface area contributed by atoms with Gasteiger partial charge in [0, 0.05) is 47.8 Å². The Morgan fingerprint density at radius 1 is 1.28 bits per heavy atom. The highest BCUT2D eigenvalue weighted by Gasteiger charge is 2.36. The Morgan fingerprint density at radius 3 is 2.55 bits per heavy atom. The topological polar surface area (TPSA) is 81.7 Å². The average molecular weight is 422 g/mol. The van der Waals surface area contributed by atoms with Gasteiger partial charge in [0.05, 0.1) is 6.61 Å². The fraction of sp³-hybridized carbons (Fsp3) is 0.545. The van der Waals surface area contributed by atoms with Crippen LogP contribution in [-0.2, 0) is 31.5 Å². The van der Waals surface area contributed by atoms with Crippen molar-refractivity contribution in [3.8, 4) is 5.75 Å². The van der Waals surface area contributed by atoms with Crippen molar-refractivity contribution in [3.63, 3.8) is 0 Å². The molecular weight excluding hydrogens is 390 g/mol. The average Bonchev–Trinajstić information content (AvgIpc) is 2.94. The summed E-state index contributed by atoms with van der Waals surface area (Å²) in [5, 5.41) is 2.84. The first-order valence-electron chi connectivity index (χ1n) is 9.91. The molecule has 1 aliphatic heterocycles. The highest BCUT2D eigenvalue weighted by molar-refractivity contribution is 7.84. The number of carbonyl (C=O) groups excluding carboxylic acids is 2. The Kier molecular flexibility index (Phi) is 8.44. The molecule has 0 bridgehead atoms. The summed E-state index contributed by atoms with van der Waals surface area (Å²) in [5.41, 5.74) is 0.351. The number of ketones is 1. The van der Waals surface area contributed by atoms with E-state index in [9.17, 15) is 13.8 Å². The molecule has 0 spiro atoms. The number of ether oxygens (including phenoxy) is 2. The quantitative estimate of drug-likeness (QED) is 0.594. The van der Waals surface area contributed by atoms with E-state index in [1.807, 2.05) is 31.2 Å². The molecule has 0 aromatic heterocycles. The van der Waals surface area contributed by atoms with Crippen molar-refractivity contribution in [3.05, 3.63) is 41.7 Å². The van der Waals surface area contributed by atoms with Crippen molar-refractivity contribution in [2.24, 2.45) is 5.92 Å². The lowest BCUT2D eigenvalue weighted by Crippen LogP contribution is -2.28. The zero-order valence-electron chi connectivity index (χ0n) is 17.7. The summed E-state index contributed by atoms with van der Waals surface area (Å²) in [5.74, 6) is 1.97. The molecule has 1 aliphatic rings. The standard InChI is InChI=1S/C22H31NO5S/c1-16(19-15-20(24)22(2,3)28-19)10-13-27-18-7-5-17(6-8-18)9-12-23-21(25)11-14-29(4)26/h5-8,15-16H,9-14H2,1-4H3,(H,23,25)/t16-,29+/m0/s1. The predicted octanol–water partition coefficient (Wildman–Crippen LogP) is 2.78. The molecule has 1 N–H and O–H groups in total. The number of nitrogens with one attached hydrogen (secondary N) is 1. The van der Waals surface area contributed by atoms with Crippen molar-refractivity contribution in [1.82, 2.24) is 5.32 Å². The maximum absolute atomic E-state index is 11.8. The zero-order valence-corrected chi connectivity index (χ0v) is 18.5. The summed E-state index contributed by atoms with van der Waals surface area (Å²) >= 11 is 0. The van der Waals surface area contributed by atoms with Crippen LogP contribution in [-0.4, -0.2) is 46.7 Å². The van der Waals surface area contributed by atoms with Crippen molar-refractivity contribution in [1.29, 1.82) is 0 Å². The summed E-state index contributed by atoms with van der Waals surface area (Å²) in [7, 11) is -0.942. The molecule has 160 valence electrons. The highest BCUT2D eigenvalue weighted by atomic mass is 32.2. The van der Waals surface area contributed by atoms with Gasteiger partial charge in [-0.3, -0.25) is 13.8 Å². The van der Waals surface area contributed by atoms with Crippen molar-refractivity contribution in [2.45, 2.75) is 45.6 Å². The van der Waals surface area contributed by atoms with Crippen LogP contribution >= 0.6 is 0 Å². The molecule has 1 aromatic rings. The Hall–Kier alpha value is -2.15. The molecule has 6 nitrogen and oxygen atoms in total. The molecule has 0 radical (unpaired) electrons. The third-order valence-electron chi connectivity index (χ3n) is 4.82. The van der Waals surface area contributed by atoms with Crippen LogP contribution in [0.5, 0.6) is 5.75 Å². The summed E-state index contributed by atoms with van der Waals surface area (Å²) < 4.78 is 22.5. The predicted molar refractivity (Wildman–Crippen MR) is 114 cm³/mol. The molecule has 2 rings (SSSR count). The van der Waals surface area contributed by atoms with E-state index >= 15 is 0 Å². The Labute approximate surface area is 175 Å². The number of hydrogen-bond donors (Lipinski definition) is 1.